The van der Waals surface area contributed by atoms with Crippen LogP contribution in [-0.4, -0.2) is 51.1 Å². The molecule has 0 bridgehead atoms. The van der Waals surface area contributed by atoms with Crippen molar-refractivity contribution >= 4 is 5.91 Å². The zero-order valence-electron chi connectivity index (χ0n) is 12.9. The quantitative estimate of drug-likeness (QED) is 0.869. The van der Waals surface area contributed by atoms with Gasteiger partial charge in [0.15, 0.2) is 0 Å². The molecule has 116 valence electrons. The molecule has 22 heavy (non-hydrogen) atoms. The molecule has 1 saturated heterocycles. The minimum Gasteiger partial charge on any atom is -0.377 e. The molecule has 1 aliphatic rings. The van der Waals surface area contributed by atoms with E-state index in [4.69, 9.17) is 4.74 Å². The number of hydrogen-bond acceptors (Lipinski definition) is 4. The highest BCUT2D eigenvalue weighted by Gasteiger charge is 2.37. The molecule has 1 unspecified atom stereocenters. The van der Waals surface area contributed by atoms with Crippen LogP contribution in [0.3, 0.4) is 0 Å². The smallest absolute Gasteiger partial charge is 0.254 e. The highest BCUT2D eigenvalue weighted by molar-refractivity contribution is 5.95. The van der Waals surface area contributed by atoms with E-state index in [1.54, 1.807) is 17.1 Å². The van der Waals surface area contributed by atoms with Gasteiger partial charge in [0.25, 0.3) is 5.91 Å². The van der Waals surface area contributed by atoms with Gasteiger partial charge in [-0.3, -0.25) is 4.79 Å². The Morgan fingerprint density at radius 3 is 2.77 bits per heavy atom. The van der Waals surface area contributed by atoms with Gasteiger partial charge in [-0.1, -0.05) is 12.1 Å². The minimum atomic E-state index is -0.236. The molecule has 1 atom stereocenters. The molecule has 6 nitrogen and oxygen atoms in total. The van der Waals surface area contributed by atoms with Crippen molar-refractivity contribution in [2.24, 2.45) is 0 Å². The number of ether oxygens (including phenoxy) is 1. The van der Waals surface area contributed by atoms with Crippen molar-refractivity contribution in [1.82, 2.24) is 19.9 Å². The molecular formula is C16H20N4O2. The monoisotopic (exact) mass is 300 g/mol. The van der Waals surface area contributed by atoms with Crippen LogP contribution in [0.5, 0.6) is 0 Å². The van der Waals surface area contributed by atoms with Crippen LogP contribution in [0.15, 0.2) is 36.7 Å². The number of carbonyl (C=O) groups excluding carboxylic acids is 1. The van der Waals surface area contributed by atoms with Crippen molar-refractivity contribution in [2.75, 3.05) is 19.8 Å². The molecular weight excluding hydrogens is 280 g/mol. The SMILES string of the molecule is CCC1(C)COCCN1C(=O)c1ccc(-n2ccnn2)cc1. The summed E-state index contributed by atoms with van der Waals surface area (Å²) in [5.41, 5.74) is 1.33. The van der Waals surface area contributed by atoms with Crippen LogP contribution in [0, 0.1) is 0 Å². The first kappa shape index (κ1) is 14.7. The summed E-state index contributed by atoms with van der Waals surface area (Å²) < 4.78 is 7.21. The van der Waals surface area contributed by atoms with E-state index in [1.165, 1.54) is 0 Å². The third-order valence-corrected chi connectivity index (χ3v) is 4.33. The second-order valence-corrected chi connectivity index (χ2v) is 5.75. The first-order valence-electron chi connectivity index (χ1n) is 7.50. The fraction of sp³-hybridized carbons (Fsp3) is 0.438. The molecule has 1 aliphatic heterocycles. The molecule has 0 N–H and O–H groups in total. The Morgan fingerprint density at radius 1 is 1.36 bits per heavy atom. The average Bonchev–Trinajstić information content (AvgIpc) is 3.09. The maximum Gasteiger partial charge on any atom is 0.254 e. The van der Waals surface area contributed by atoms with E-state index in [0.717, 1.165) is 12.1 Å². The second-order valence-electron chi connectivity index (χ2n) is 5.75. The number of morpholine rings is 1. The third-order valence-electron chi connectivity index (χ3n) is 4.33. The summed E-state index contributed by atoms with van der Waals surface area (Å²) in [7, 11) is 0. The van der Waals surface area contributed by atoms with Crippen LogP contribution in [0.4, 0.5) is 0 Å². The molecule has 1 aromatic carbocycles. The van der Waals surface area contributed by atoms with E-state index in [1.807, 2.05) is 29.2 Å². The highest BCUT2D eigenvalue weighted by atomic mass is 16.5. The summed E-state index contributed by atoms with van der Waals surface area (Å²) in [6.07, 6.45) is 4.27. The van der Waals surface area contributed by atoms with E-state index in [0.29, 0.717) is 25.3 Å². The van der Waals surface area contributed by atoms with E-state index >= 15 is 0 Å². The van der Waals surface area contributed by atoms with Gasteiger partial charge in [0.1, 0.15) is 0 Å². The van der Waals surface area contributed by atoms with E-state index in [2.05, 4.69) is 24.2 Å². The van der Waals surface area contributed by atoms with Crippen LogP contribution in [-0.2, 0) is 4.74 Å². The topological polar surface area (TPSA) is 60.2 Å². The van der Waals surface area contributed by atoms with Crippen LogP contribution in [0.1, 0.15) is 30.6 Å². The highest BCUT2D eigenvalue weighted by Crippen LogP contribution is 2.25. The Kier molecular flexibility index (Phi) is 3.94. The summed E-state index contributed by atoms with van der Waals surface area (Å²) in [5.74, 6) is 0.0535. The number of aromatic nitrogens is 3. The fourth-order valence-electron chi connectivity index (χ4n) is 2.69. The normalized spacial score (nSPS) is 21.8. The number of rotatable bonds is 3. The van der Waals surface area contributed by atoms with Gasteiger partial charge in [-0.25, -0.2) is 4.68 Å². The Bertz CT molecular complexity index is 639. The molecule has 0 spiro atoms. The minimum absolute atomic E-state index is 0.0535. The Hall–Kier alpha value is -2.21. The van der Waals surface area contributed by atoms with E-state index in [-0.39, 0.29) is 11.4 Å². The molecule has 0 radical (unpaired) electrons. The molecule has 6 heteroatoms. The summed E-state index contributed by atoms with van der Waals surface area (Å²) >= 11 is 0. The molecule has 3 rings (SSSR count). The number of nitrogens with zero attached hydrogens (tertiary/aromatic N) is 4. The zero-order chi connectivity index (χ0) is 15.6. The first-order chi connectivity index (χ1) is 10.6. The van der Waals surface area contributed by atoms with Gasteiger partial charge in [0, 0.05) is 12.1 Å². The van der Waals surface area contributed by atoms with Gasteiger partial charge in [0.05, 0.1) is 36.8 Å². The summed E-state index contributed by atoms with van der Waals surface area (Å²) in [5, 5.41) is 7.73. The lowest BCUT2D eigenvalue weighted by Crippen LogP contribution is -2.57. The predicted octanol–water partition coefficient (Wildman–Crippen LogP) is 1.91. The predicted molar refractivity (Wildman–Crippen MR) is 81.9 cm³/mol. The maximum absolute atomic E-state index is 12.8. The molecule has 1 fully saturated rings. The third kappa shape index (κ3) is 2.62. The molecule has 1 amide bonds. The van der Waals surface area contributed by atoms with Gasteiger partial charge >= 0.3 is 0 Å². The number of carbonyl (C=O) groups is 1. The van der Waals surface area contributed by atoms with Crippen LogP contribution in [0.2, 0.25) is 0 Å². The molecule has 2 heterocycles. The van der Waals surface area contributed by atoms with Crippen molar-refractivity contribution in [3.05, 3.63) is 42.2 Å². The number of benzene rings is 1. The van der Waals surface area contributed by atoms with Crippen LogP contribution >= 0.6 is 0 Å². The Morgan fingerprint density at radius 2 is 2.14 bits per heavy atom. The molecule has 0 aliphatic carbocycles. The van der Waals surface area contributed by atoms with E-state index in [9.17, 15) is 4.79 Å². The molecule has 2 aromatic rings. The first-order valence-corrected chi connectivity index (χ1v) is 7.50. The van der Waals surface area contributed by atoms with Gasteiger partial charge in [-0.15, -0.1) is 5.10 Å². The van der Waals surface area contributed by atoms with Crippen molar-refractivity contribution in [3.8, 4) is 5.69 Å². The Labute approximate surface area is 129 Å². The van der Waals surface area contributed by atoms with Gasteiger partial charge in [-0.05, 0) is 37.6 Å². The fourth-order valence-corrected chi connectivity index (χ4v) is 2.69. The van der Waals surface area contributed by atoms with Crippen molar-refractivity contribution in [3.63, 3.8) is 0 Å². The lowest BCUT2D eigenvalue weighted by Gasteiger charge is -2.44. The second kappa shape index (κ2) is 5.88. The van der Waals surface area contributed by atoms with Crippen molar-refractivity contribution in [1.29, 1.82) is 0 Å². The number of amides is 1. The summed E-state index contributed by atoms with van der Waals surface area (Å²) in [4.78, 5) is 14.7. The Balaban J connectivity index is 1.82. The lowest BCUT2D eigenvalue weighted by molar-refractivity contribution is -0.0465. The lowest BCUT2D eigenvalue weighted by atomic mass is 9.95. The number of hydrogen-bond donors (Lipinski definition) is 0. The maximum atomic E-state index is 12.8. The van der Waals surface area contributed by atoms with Gasteiger partial charge in [-0.2, -0.15) is 0 Å². The largest absolute Gasteiger partial charge is 0.377 e. The van der Waals surface area contributed by atoms with Crippen molar-refractivity contribution < 1.29 is 9.53 Å². The van der Waals surface area contributed by atoms with Crippen LogP contribution in [0.25, 0.3) is 5.69 Å². The summed E-state index contributed by atoms with van der Waals surface area (Å²) in [6.45, 7) is 5.98. The molecule has 1 aromatic heterocycles. The van der Waals surface area contributed by atoms with E-state index < -0.39 is 0 Å². The standard InChI is InChI=1S/C16H20N4O2/c1-3-16(2)12-22-11-10-19(16)15(21)13-4-6-14(7-5-13)20-9-8-17-18-20/h4-9H,3,10-12H2,1-2H3. The van der Waals surface area contributed by atoms with Crippen molar-refractivity contribution in [2.45, 2.75) is 25.8 Å². The summed E-state index contributed by atoms with van der Waals surface area (Å²) in [6, 6.07) is 7.44. The average molecular weight is 300 g/mol. The van der Waals surface area contributed by atoms with Crippen LogP contribution < -0.4 is 0 Å². The molecule has 0 saturated carbocycles. The van der Waals surface area contributed by atoms with Gasteiger partial charge < -0.3 is 9.64 Å². The zero-order valence-corrected chi connectivity index (χ0v) is 12.9. The van der Waals surface area contributed by atoms with Gasteiger partial charge in [0.2, 0.25) is 0 Å².